The molecule has 0 saturated carbocycles. The zero-order chi connectivity index (χ0) is 13.8. The van der Waals surface area contributed by atoms with E-state index >= 15 is 0 Å². The minimum Gasteiger partial charge on any atom is -0.298 e. The van der Waals surface area contributed by atoms with E-state index in [1.165, 1.54) is 35.2 Å². The van der Waals surface area contributed by atoms with Gasteiger partial charge in [0, 0.05) is 22.5 Å². The number of hydrogen-bond acceptors (Lipinski definition) is 6. The van der Waals surface area contributed by atoms with Gasteiger partial charge in [-0.1, -0.05) is 0 Å². The average Bonchev–Trinajstić information content (AvgIpc) is 2.90. The summed E-state index contributed by atoms with van der Waals surface area (Å²) < 4.78 is 0. The molecule has 0 fully saturated rings. The monoisotopic (exact) mass is 295 g/mol. The molecule has 0 unspecified atom stereocenters. The number of nitrogens with zero attached hydrogens (tertiary/aromatic N) is 2. The highest BCUT2D eigenvalue weighted by Gasteiger charge is 2.21. The van der Waals surface area contributed by atoms with Crippen LogP contribution in [0.4, 0.5) is 10.8 Å². The van der Waals surface area contributed by atoms with Crippen LogP contribution in [0.1, 0.15) is 10.4 Å². The first kappa shape index (κ1) is 13.5. The number of nitro groups is 1. The standard InChI is InChI=1S/C11H9N3O3S2/c1-18-7-2-3-9(14(16)17)8(6-7)10(15)13-11-12-4-5-19-11/h2-6H,1H3,(H,12,13,15). The van der Waals surface area contributed by atoms with Crippen molar-refractivity contribution in [1.29, 1.82) is 0 Å². The fourth-order valence-corrected chi connectivity index (χ4v) is 2.40. The van der Waals surface area contributed by atoms with Gasteiger partial charge in [-0.15, -0.1) is 23.1 Å². The summed E-state index contributed by atoms with van der Waals surface area (Å²) in [6, 6.07) is 4.46. The number of thiazole rings is 1. The zero-order valence-corrected chi connectivity index (χ0v) is 11.5. The van der Waals surface area contributed by atoms with E-state index in [1.807, 2.05) is 6.26 Å². The highest BCUT2D eigenvalue weighted by atomic mass is 32.2. The van der Waals surface area contributed by atoms with Gasteiger partial charge in [-0.25, -0.2) is 4.98 Å². The van der Waals surface area contributed by atoms with Gasteiger partial charge in [-0.05, 0) is 18.4 Å². The van der Waals surface area contributed by atoms with Crippen LogP contribution in [0.5, 0.6) is 0 Å². The number of carbonyl (C=O) groups is 1. The smallest absolute Gasteiger partial charge is 0.282 e. The Bertz CT molecular complexity index is 614. The number of rotatable bonds is 4. The third-order valence-corrected chi connectivity index (χ3v) is 3.71. The van der Waals surface area contributed by atoms with Gasteiger partial charge in [0.1, 0.15) is 5.56 Å². The molecule has 0 aliphatic rings. The number of aromatic nitrogens is 1. The van der Waals surface area contributed by atoms with E-state index in [4.69, 9.17) is 0 Å². The molecule has 8 heteroatoms. The SMILES string of the molecule is CSc1ccc([N+](=O)[O-])c(C(=O)Nc2nccs2)c1. The van der Waals surface area contributed by atoms with Crippen LogP contribution in [0.3, 0.4) is 0 Å². The number of benzene rings is 1. The largest absolute Gasteiger partial charge is 0.298 e. The van der Waals surface area contributed by atoms with E-state index in [0.29, 0.717) is 5.13 Å². The van der Waals surface area contributed by atoms with Crippen LogP contribution in [-0.4, -0.2) is 22.1 Å². The number of nitrogens with one attached hydrogen (secondary N) is 1. The van der Waals surface area contributed by atoms with Gasteiger partial charge >= 0.3 is 0 Å². The van der Waals surface area contributed by atoms with Gasteiger partial charge in [-0.3, -0.25) is 20.2 Å². The molecule has 1 N–H and O–H groups in total. The molecule has 0 radical (unpaired) electrons. The van der Waals surface area contributed by atoms with Crippen LogP contribution in [0.15, 0.2) is 34.7 Å². The fraction of sp³-hybridized carbons (Fsp3) is 0.0909. The first-order valence-corrected chi connectivity index (χ1v) is 7.25. The molecule has 0 atom stereocenters. The van der Waals surface area contributed by atoms with Gasteiger partial charge in [-0.2, -0.15) is 0 Å². The molecule has 1 amide bonds. The van der Waals surface area contributed by atoms with Crippen LogP contribution in [0, 0.1) is 10.1 Å². The van der Waals surface area contributed by atoms with Gasteiger partial charge in [0.05, 0.1) is 4.92 Å². The van der Waals surface area contributed by atoms with Crippen molar-refractivity contribution in [2.75, 3.05) is 11.6 Å². The molecule has 1 heterocycles. The fourth-order valence-electron chi connectivity index (χ4n) is 1.43. The molecule has 0 aliphatic carbocycles. The molecule has 0 spiro atoms. The van der Waals surface area contributed by atoms with Crippen LogP contribution in [0.25, 0.3) is 0 Å². The molecule has 19 heavy (non-hydrogen) atoms. The van der Waals surface area contributed by atoms with E-state index in [1.54, 1.807) is 17.6 Å². The van der Waals surface area contributed by atoms with E-state index < -0.39 is 10.8 Å². The first-order chi connectivity index (χ1) is 9.11. The topological polar surface area (TPSA) is 85.1 Å². The van der Waals surface area contributed by atoms with Gasteiger partial charge in [0.25, 0.3) is 11.6 Å². The molecule has 98 valence electrons. The van der Waals surface area contributed by atoms with Crippen molar-refractivity contribution < 1.29 is 9.72 Å². The summed E-state index contributed by atoms with van der Waals surface area (Å²) in [5.74, 6) is -0.530. The lowest BCUT2D eigenvalue weighted by atomic mass is 10.1. The second-order valence-electron chi connectivity index (χ2n) is 3.43. The highest BCUT2D eigenvalue weighted by molar-refractivity contribution is 7.98. The number of nitro benzene ring substituents is 1. The average molecular weight is 295 g/mol. The number of amides is 1. The Balaban J connectivity index is 2.35. The maximum Gasteiger partial charge on any atom is 0.282 e. The predicted molar refractivity (Wildman–Crippen MR) is 74.9 cm³/mol. The summed E-state index contributed by atoms with van der Waals surface area (Å²) in [7, 11) is 0. The van der Waals surface area contributed by atoms with Crippen molar-refractivity contribution in [2.45, 2.75) is 4.90 Å². The Morgan fingerprint density at radius 2 is 2.32 bits per heavy atom. The normalized spacial score (nSPS) is 10.2. The zero-order valence-electron chi connectivity index (χ0n) is 9.82. The minimum atomic E-state index is -0.569. The molecule has 0 saturated heterocycles. The molecule has 6 nitrogen and oxygen atoms in total. The van der Waals surface area contributed by atoms with Crippen LogP contribution in [-0.2, 0) is 0 Å². The van der Waals surface area contributed by atoms with Gasteiger partial charge in [0.2, 0.25) is 0 Å². The summed E-state index contributed by atoms with van der Waals surface area (Å²) >= 11 is 2.67. The lowest BCUT2D eigenvalue weighted by Crippen LogP contribution is -2.13. The molecular formula is C11H9N3O3S2. The Labute approximate surface area is 117 Å². The Hall–Kier alpha value is -1.93. The van der Waals surface area contributed by atoms with Crippen molar-refractivity contribution in [3.05, 3.63) is 45.5 Å². The van der Waals surface area contributed by atoms with E-state index in [0.717, 1.165) is 4.90 Å². The summed E-state index contributed by atoms with van der Waals surface area (Å²) in [4.78, 5) is 27.1. The van der Waals surface area contributed by atoms with Crippen molar-refractivity contribution >= 4 is 39.8 Å². The van der Waals surface area contributed by atoms with E-state index in [-0.39, 0.29) is 11.3 Å². The molecule has 2 rings (SSSR count). The number of hydrogen-bond donors (Lipinski definition) is 1. The molecule has 0 aliphatic heterocycles. The van der Waals surface area contributed by atoms with Crippen LogP contribution < -0.4 is 5.32 Å². The second kappa shape index (κ2) is 5.81. The third kappa shape index (κ3) is 3.09. The Kier molecular flexibility index (Phi) is 4.13. The maximum atomic E-state index is 12.0. The predicted octanol–water partition coefficient (Wildman–Crippen LogP) is 3.03. The molecule has 1 aromatic carbocycles. The summed E-state index contributed by atoms with van der Waals surface area (Å²) in [6.45, 7) is 0. The third-order valence-electron chi connectivity index (χ3n) is 2.30. The lowest BCUT2D eigenvalue weighted by molar-refractivity contribution is -0.385. The Morgan fingerprint density at radius 1 is 1.53 bits per heavy atom. The van der Waals surface area contributed by atoms with Crippen molar-refractivity contribution in [1.82, 2.24) is 4.98 Å². The maximum absolute atomic E-state index is 12.0. The minimum absolute atomic E-state index is 0.0343. The van der Waals surface area contributed by atoms with Crippen molar-refractivity contribution in [3.63, 3.8) is 0 Å². The van der Waals surface area contributed by atoms with E-state index in [2.05, 4.69) is 10.3 Å². The lowest BCUT2D eigenvalue weighted by Gasteiger charge is -2.04. The summed E-state index contributed by atoms with van der Waals surface area (Å²) in [5.41, 5.74) is -0.182. The highest BCUT2D eigenvalue weighted by Crippen LogP contribution is 2.25. The second-order valence-corrected chi connectivity index (χ2v) is 5.21. The van der Waals surface area contributed by atoms with Crippen LogP contribution >= 0.6 is 23.1 Å². The van der Waals surface area contributed by atoms with Crippen molar-refractivity contribution in [2.24, 2.45) is 0 Å². The molecule has 0 bridgehead atoms. The summed E-state index contributed by atoms with van der Waals surface area (Å²) in [6.07, 6.45) is 3.39. The van der Waals surface area contributed by atoms with Gasteiger partial charge in [0.15, 0.2) is 5.13 Å². The first-order valence-electron chi connectivity index (χ1n) is 5.15. The van der Waals surface area contributed by atoms with Crippen molar-refractivity contribution in [3.8, 4) is 0 Å². The molecule has 1 aromatic heterocycles. The number of anilines is 1. The number of thioether (sulfide) groups is 1. The molecule has 2 aromatic rings. The van der Waals surface area contributed by atoms with Gasteiger partial charge < -0.3 is 0 Å². The quantitative estimate of drug-likeness (QED) is 0.532. The number of carbonyl (C=O) groups excluding carboxylic acids is 1. The summed E-state index contributed by atoms with van der Waals surface area (Å²) in [5, 5.41) is 15.6. The van der Waals surface area contributed by atoms with E-state index in [9.17, 15) is 14.9 Å². The molecular weight excluding hydrogens is 286 g/mol. The van der Waals surface area contributed by atoms with Crippen LogP contribution in [0.2, 0.25) is 0 Å². The Morgan fingerprint density at radius 3 is 2.89 bits per heavy atom.